The summed E-state index contributed by atoms with van der Waals surface area (Å²) < 4.78 is 4.74. The van der Waals surface area contributed by atoms with E-state index in [0.717, 1.165) is 16.8 Å². The quantitative estimate of drug-likeness (QED) is 0.598. The summed E-state index contributed by atoms with van der Waals surface area (Å²) >= 11 is 0. The molecule has 1 fully saturated rings. The summed E-state index contributed by atoms with van der Waals surface area (Å²) in [6.07, 6.45) is 5.29. The van der Waals surface area contributed by atoms with Gasteiger partial charge in [-0.1, -0.05) is 60.7 Å². The molecule has 1 saturated heterocycles. The van der Waals surface area contributed by atoms with E-state index in [-0.39, 0.29) is 5.78 Å². The second kappa shape index (κ2) is 9.00. The van der Waals surface area contributed by atoms with Crippen LogP contribution in [0.2, 0.25) is 0 Å². The zero-order valence-electron chi connectivity index (χ0n) is 16.1. The second-order valence-corrected chi connectivity index (χ2v) is 6.65. The SMILES string of the molecule is COC(=O)/C=C(/C)N1C/C(=C\c2ccccc2)C(=O)/C(=C/c2ccccc2)C1. The third-order valence-corrected chi connectivity index (χ3v) is 4.61. The third kappa shape index (κ3) is 4.86. The van der Waals surface area contributed by atoms with Crippen molar-refractivity contribution in [2.24, 2.45) is 0 Å². The van der Waals surface area contributed by atoms with E-state index in [9.17, 15) is 9.59 Å². The first-order valence-corrected chi connectivity index (χ1v) is 9.14. The smallest absolute Gasteiger partial charge is 0.332 e. The highest BCUT2D eigenvalue weighted by atomic mass is 16.5. The molecule has 0 aliphatic carbocycles. The summed E-state index contributed by atoms with van der Waals surface area (Å²) in [6.45, 7) is 2.74. The van der Waals surface area contributed by atoms with Gasteiger partial charge >= 0.3 is 5.97 Å². The standard InChI is InChI=1S/C24H23NO3/c1-18(13-23(26)28-2)25-16-21(14-19-9-5-3-6-10-19)24(27)22(17-25)15-20-11-7-4-8-12-20/h3-15H,16-17H2,1-2H3/b18-13-,21-14+,22-15+. The van der Waals surface area contributed by atoms with Crippen molar-refractivity contribution in [2.75, 3.05) is 20.2 Å². The van der Waals surface area contributed by atoms with Gasteiger partial charge < -0.3 is 9.64 Å². The van der Waals surface area contributed by atoms with Crippen LogP contribution in [0.1, 0.15) is 18.1 Å². The number of carbonyl (C=O) groups is 2. The predicted octanol–water partition coefficient (Wildman–Crippen LogP) is 4.12. The Morgan fingerprint density at radius 3 is 1.79 bits per heavy atom. The minimum Gasteiger partial charge on any atom is -0.466 e. The molecule has 0 amide bonds. The van der Waals surface area contributed by atoms with Gasteiger partial charge in [-0.3, -0.25) is 4.79 Å². The second-order valence-electron chi connectivity index (χ2n) is 6.65. The van der Waals surface area contributed by atoms with Gasteiger partial charge in [0.2, 0.25) is 0 Å². The summed E-state index contributed by atoms with van der Waals surface area (Å²) in [5, 5.41) is 0. The number of ketones is 1. The molecular formula is C24H23NO3. The summed E-state index contributed by atoms with van der Waals surface area (Å²) in [7, 11) is 1.35. The molecule has 0 unspecified atom stereocenters. The lowest BCUT2D eigenvalue weighted by atomic mass is 9.94. The summed E-state index contributed by atoms with van der Waals surface area (Å²) in [4.78, 5) is 26.8. The van der Waals surface area contributed by atoms with Crippen LogP contribution in [0.25, 0.3) is 12.2 Å². The van der Waals surface area contributed by atoms with Gasteiger partial charge in [0.1, 0.15) is 0 Å². The van der Waals surface area contributed by atoms with E-state index in [4.69, 9.17) is 4.74 Å². The van der Waals surface area contributed by atoms with Crippen LogP contribution in [0.5, 0.6) is 0 Å². The first kappa shape index (κ1) is 19.4. The zero-order valence-corrected chi connectivity index (χ0v) is 16.1. The molecule has 142 valence electrons. The average Bonchev–Trinajstić information content (AvgIpc) is 2.72. The largest absolute Gasteiger partial charge is 0.466 e. The zero-order chi connectivity index (χ0) is 19.9. The first-order chi connectivity index (χ1) is 13.6. The molecule has 1 aliphatic rings. The molecule has 2 aromatic carbocycles. The number of hydrogen-bond donors (Lipinski definition) is 0. The number of piperidine rings is 1. The maximum absolute atomic E-state index is 13.1. The third-order valence-electron chi connectivity index (χ3n) is 4.61. The van der Waals surface area contributed by atoms with Crippen molar-refractivity contribution in [3.8, 4) is 0 Å². The van der Waals surface area contributed by atoms with Crippen molar-refractivity contribution < 1.29 is 14.3 Å². The van der Waals surface area contributed by atoms with E-state index < -0.39 is 5.97 Å². The van der Waals surface area contributed by atoms with Crippen LogP contribution in [0.4, 0.5) is 0 Å². The maximum atomic E-state index is 13.1. The van der Waals surface area contributed by atoms with Gasteiger partial charge in [0.05, 0.1) is 7.11 Å². The molecule has 1 aliphatic heterocycles. The Balaban J connectivity index is 1.99. The molecule has 28 heavy (non-hydrogen) atoms. The number of allylic oxidation sites excluding steroid dienone is 1. The van der Waals surface area contributed by atoms with E-state index in [2.05, 4.69) is 0 Å². The van der Waals surface area contributed by atoms with E-state index in [0.29, 0.717) is 24.2 Å². The fourth-order valence-corrected chi connectivity index (χ4v) is 3.11. The van der Waals surface area contributed by atoms with E-state index >= 15 is 0 Å². The Morgan fingerprint density at radius 2 is 1.36 bits per heavy atom. The molecule has 4 heteroatoms. The number of ether oxygens (including phenoxy) is 1. The van der Waals surface area contributed by atoms with Crippen LogP contribution in [0, 0.1) is 0 Å². The fourth-order valence-electron chi connectivity index (χ4n) is 3.11. The monoisotopic (exact) mass is 373 g/mol. The average molecular weight is 373 g/mol. The lowest BCUT2D eigenvalue weighted by Crippen LogP contribution is -2.36. The van der Waals surface area contributed by atoms with Crippen LogP contribution in [0.15, 0.2) is 83.6 Å². The molecule has 0 N–H and O–H groups in total. The summed E-state index contributed by atoms with van der Waals surface area (Å²) in [5.41, 5.74) is 4.09. The number of hydrogen-bond acceptors (Lipinski definition) is 4. The fraction of sp³-hybridized carbons (Fsp3) is 0.167. The van der Waals surface area contributed by atoms with Gasteiger partial charge in [-0.2, -0.15) is 0 Å². The molecular weight excluding hydrogens is 350 g/mol. The molecule has 2 aromatic rings. The first-order valence-electron chi connectivity index (χ1n) is 9.14. The van der Waals surface area contributed by atoms with Crippen LogP contribution in [0.3, 0.4) is 0 Å². The van der Waals surface area contributed by atoms with Crippen LogP contribution >= 0.6 is 0 Å². The normalized spacial score (nSPS) is 17.9. The Kier molecular flexibility index (Phi) is 6.22. The Hall–Kier alpha value is -3.40. The highest BCUT2D eigenvalue weighted by Crippen LogP contribution is 2.24. The van der Waals surface area contributed by atoms with Crippen molar-refractivity contribution in [3.05, 3.63) is 94.7 Å². The van der Waals surface area contributed by atoms with Gasteiger partial charge in [0.15, 0.2) is 5.78 Å². The van der Waals surface area contributed by atoms with Crippen molar-refractivity contribution >= 4 is 23.9 Å². The van der Waals surface area contributed by atoms with Crippen molar-refractivity contribution in [1.82, 2.24) is 4.90 Å². The predicted molar refractivity (Wildman–Crippen MR) is 111 cm³/mol. The topological polar surface area (TPSA) is 46.6 Å². The number of esters is 1. The minimum atomic E-state index is -0.406. The van der Waals surface area contributed by atoms with Crippen molar-refractivity contribution in [2.45, 2.75) is 6.92 Å². The molecule has 0 atom stereocenters. The molecule has 0 spiro atoms. The molecule has 0 bridgehead atoms. The number of methoxy groups -OCH3 is 1. The van der Waals surface area contributed by atoms with Gasteiger partial charge in [0.25, 0.3) is 0 Å². The minimum absolute atomic E-state index is 0.0369. The molecule has 0 radical (unpaired) electrons. The summed E-state index contributed by atoms with van der Waals surface area (Å²) in [6, 6.07) is 19.5. The lowest BCUT2D eigenvalue weighted by molar-refractivity contribution is -0.135. The number of rotatable bonds is 4. The van der Waals surface area contributed by atoms with Crippen molar-refractivity contribution in [3.63, 3.8) is 0 Å². The van der Waals surface area contributed by atoms with E-state index in [1.54, 1.807) is 0 Å². The molecule has 4 nitrogen and oxygen atoms in total. The maximum Gasteiger partial charge on any atom is 0.332 e. The molecule has 0 saturated carbocycles. The van der Waals surface area contributed by atoms with Gasteiger partial charge in [-0.15, -0.1) is 0 Å². The molecule has 3 rings (SSSR count). The highest BCUT2D eigenvalue weighted by molar-refractivity contribution is 6.14. The number of likely N-dealkylation sites (tertiary alicyclic amines) is 1. The summed E-state index contributed by atoms with van der Waals surface area (Å²) in [5.74, 6) is -0.369. The Morgan fingerprint density at radius 1 is 0.893 bits per heavy atom. The number of nitrogens with zero attached hydrogens (tertiary/aromatic N) is 1. The van der Waals surface area contributed by atoms with E-state index in [1.807, 2.05) is 84.6 Å². The van der Waals surface area contributed by atoms with Crippen molar-refractivity contribution in [1.29, 1.82) is 0 Å². The number of benzene rings is 2. The highest BCUT2D eigenvalue weighted by Gasteiger charge is 2.26. The van der Waals surface area contributed by atoms with Gasteiger partial charge in [0, 0.05) is 36.0 Å². The van der Waals surface area contributed by atoms with Gasteiger partial charge in [-0.25, -0.2) is 4.79 Å². The van der Waals surface area contributed by atoms with Gasteiger partial charge in [-0.05, 0) is 30.2 Å². The van der Waals surface area contributed by atoms with Crippen LogP contribution < -0.4 is 0 Å². The Labute approximate surface area is 165 Å². The van der Waals surface area contributed by atoms with Crippen LogP contribution in [-0.2, 0) is 14.3 Å². The lowest BCUT2D eigenvalue weighted by Gasteiger charge is -2.32. The number of carbonyl (C=O) groups excluding carboxylic acids is 2. The molecule has 1 heterocycles. The van der Waals surface area contributed by atoms with Crippen LogP contribution in [-0.4, -0.2) is 36.9 Å². The molecule has 0 aromatic heterocycles. The Bertz CT molecular complexity index is 879. The number of Topliss-reactive ketones (excluding diaryl/α,β-unsaturated/α-hetero) is 1. The van der Waals surface area contributed by atoms with E-state index in [1.165, 1.54) is 13.2 Å².